The number of nitrogens with one attached hydrogen (secondary N) is 1. The highest BCUT2D eigenvalue weighted by molar-refractivity contribution is 7.99. The Labute approximate surface area is 132 Å². The molecule has 7 heteroatoms. The molecule has 112 valence electrons. The first-order chi connectivity index (χ1) is 10.2. The molecule has 1 N–H and O–H groups in total. The van der Waals surface area contributed by atoms with Gasteiger partial charge in [-0.05, 0) is 31.2 Å². The fraction of sp³-hybridized carbons (Fsp3) is 0.286. The summed E-state index contributed by atoms with van der Waals surface area (Å²) in [6.07, 6.45) is 1.47. The van der Waals surface area contributed by atoms with E-state index in [0.29, 0.717) is 34.8 Å². The molecule has 5 nitrogen and oxygen atoms in total. The minimum atomic E-state index is -0.394. The van der Waals surface area contributed by atoms with Gasteiger partial charge in [-0.25, -0.2) is 9.78 Å². The van der Waals surface area contributed by atoms with Crippen LogP contribution in [0.3, 0.4) is 0 Å². The average Bonchev–Trinajstić information content (AvgIpc) is 2.95. The van der Waals surface area contributed by atoms with Crippen molar-refractivity contribution < 1.29 is 14.3 Å². The molecular formula is C14H15ClN2O3S. The summed E-state index contributed by atoms with van der Waals surface area (Å²) in [6.45, 7) is 2.63. The number of carbonyl (C=O) groups excluding carboxylic acids is 1. The summed E-state index contributed by atoms with van der Waals surface area (Å²) in [4.78, 5) is 18.5. The van der Waals surface area contributed by atoms with E-state index in [-0.39, 0.29) is 0 Å². The maximum Gasteiger partial charge on any atom is 0.356 e. The van der Waals surface area contributed by atoms with Gasteiger partial charge in [-0.15, -0.1) is 0 Å². The summed E-state index contributed by atoms with van der Waals surface area (Å²) in [7, 11) is 0. The van der Waals surface area contributed by atoms with Crippen molar-refractivity contribution in [3.8, 4) is 5.75 Å². The van der Waals surface area contributed by atoms with E-state index in [2.05, 4.69) is 9.97 Å². The van der Waals surface area contributed by atoms with Crippen LogP contribution in [0.2, 0.25) is 5.02 Å². The number of aromatic amines is 1. The van der Waals surface area contributed by atoms with Gasteiger partial charge in [-0.2, -0.15) is 0 Å². The highest BCUT2D eigenvalue weighted by atomic mass is 35.5. The van der Waals surface area contributed by atoms with Crippen LogP contribution in [0.1, 0.15) is 17.4 Å². The Kier molecular flexibility index (Phi) is 5.95. The summed E-state index contributed by atoms with van der Waals surface area (Å²) in [5.74, 6) is 1.08. The molecule has 1 heterocycles. The lowest BCUT2D eigenvalue weighted by Gasteiger charge is -2.04. The second kappa shape index (κ2) is 7.95. The lowest BCUT2D eigenvalue weighted by atomic mass is 10.3. The molecule has 0 amide bonds. The van der Waals surface area contributed by atoms with Crippen LogP contribution in [0.4, 0.5) is 0 Å². The summed E-state index contributed by atoms with van der Waals surface area (Å²) < 4.78 is 10.4. The summed E-state index contributed by atoms with van der Waals surface area (Å²) in [5, 5.41) is 1.34. The average molecular weight is 327 g/mol. The van der Waals surface area contributed by atoms with E-state index < -0.39 is 5.97 Å². The molecule has 0 atom stereocenters. The Morgan fingerprint density at radius 3 is 2.86 bits per heavy atom. The van der Waals surface area contributed by atoms with Crippen LogP contribution in [0.25, 0.3) is 0 Å². The summed E-state index contributed by atoms with van der Waals surface area (Å²) >= 11 is 7.27. The van der Waals surface area contributed by atoms with E-state index in [1.807, 2.05) is 12.1 Å². The molecule has 0 radical (unpaired) electrons. The number of imidazole rings is 1. The number of H-pyrrole nitrogens is 1. The number of nitrogens with zero attached hydrogens (tertiary/aromatic N) is 1. The molecule has 0 aliphatic carbocycles. The zero-order chi connectivity index (χ0) is 15.1. The SMILES string of the molecule is CCOC(=O)c1cnc(SCCOc2ccc(Cl)cc2)[nH]1. The number of hydrogen-bond acceptors (Lipinski definition) is 5. The smallest absolute Gasteiger partial charge is 0.356 e. The molecule has 0 saturated heterocycles. The molecule has 0 saturated carbocycles. The number of hydrogen-bond donors (Lipinski definition) is 1. The van der Waals surface area contributed by atoms with Gasteiger partial charge in [0, 0.05) is 10.8 Å². The molecule has 0 unspecified atom stereocenters. The molecule has 0 aliphatic heterocycles. The number of carbonyl (C=O) groups is 1. The second-order valence-corrected chi connectivity index (χ2v) is 5.49. The van der Waals surface area contributed by atoms with Crippen molar-refractivity contribution in [1.29, 1.82) is 0 Å². The third-order valence-corrected chi connectivity index (χ3v) is 3.56. The maximum absolute atomic E-state index is 11.5. The zero-order valence-electron chi connectivity index (χ0n) is 11.5. The predicted molar refractivity (Wildman–Crippen MR) is 82.2 cm³/mol. The van der Waals surface area contributed by atoms with E-state index in [1.54, 1.807) is 19.1 Å². The van der Waals surface area contributed by atoms with Crippen LogP contribution < -0.4 is 4.74 Å². The van der Waals surface area contributed by atoms with Crippen LogP contribution in [0.5, 0.6) is 5.75 Å². The van der Waals surface area contributed by atoms with Gasteiger partial charge in [0.05, 0.1) is 19.4 Å². The minimum Gasteiger partial charge on any atom is -0.493 e. The van der Waals surface area contributed by atoms with Crippen LogP contribution in [-0.4, -0.2) is 34.9 Å². The number of esters is 1. The van der Waals surface area contributed by atoms with E-state index >= 15 is 0 Å². The van der Waals surface area contributed by atoms with Crippen LogP contribution in [0.15, 0.2) is 35.6 Å². The number of benzene rings is 1. The van der Waals surface area contributed by atoms with Gasteiger partial charge in [-0.3, -0.25) is 0 Å². The van der Waals surface area contributed by atoms with Gasteiger partial charge >= 0.3 is 5.97 Å². The van der Waals surface area contributed by atoms with Gasteiger partial charge in [-0.1, -0.05) is 23.4 Å². The molecule has 0 spiro atoms. The van der Waals surface area contributed by atoms with Crippen LogP contribution in [-0.2, 0) is 4.74 Å². The number of aromatic nitrogens is 2. The fourth-order valence-electron chi connectivity index (χ4n) is 1.52. The second-order valence-electron chi connectivity index (χ2n) is 3.97. The normalized spacial score (nSPS) is 10.4. The molecule has 1 aromatic carbocycles. The van der Waals surface area contributed by atoms with Crippen molar-refractivity contribution in [3.63, 3.8) is 0 Å². The molecule has 1 aromatic heterocycles. The van der Waals surface area contributed by atoms with E-state index in [1.165, 1.54) is 18.0 Å². The van der Waals surface area contributed by atoms with Crippen molar-refractivity contribution in [2.45, 2.75) is 12.1 Å². The number of rotatable bonds is 7. The van der Waals surface area contributed by atoms with Crippen molar-refractivity contribution >= 4 is 29.3 Å². The van der Waals surface area contributed by atoms with Crippen LogP contribution in [0, 0.1) is 0 Å². The van der Waals surface area contributed by atoms with E-state index in [0.717, 1.165) is 5.75 Å². The van der Waals surface area contributed by atoms with Gasteiger partial charge in [0.2, 0.25) is 0 Å². The van der Waals surface area contributed by atoms with Crippen LogP contribution >= 0.6 is 23.4 Å². The van der Waals surface area contributed by atoms with E-state index in [9.17, 15) is 4.79 Å². The van der Waals surface area contributed by atoms with Gasteiger partial charge in [0.1, 0.15) is 11.4 Å². The summed E-state index contributed by atoms with van der Waals surface area (Å²) in [6, 6.07) is 7.20. The Bertz CT molecular complexity index is 586. The van der Waals surface area contributed by atoms with Crippen molar-refractivity contribution in [2.24, 2.45) is 0 Å². The maximum atomic E-state index is 11.5. The Morgan fingerprint density at radius 2 is 2.14 bits per heavy atom. The quantitative estimate of drug-likeness (QED) is 0.480. The molecule has 0 bridgehead atoms. The molecule has 0 fully saturated rings. The first-order valence-corrected chi connectivity index (χ1v) is 7.78. The molecule has 21 heavy (non-hydrogen) atoms. The topological polar surface area (TPSA) is 64.2 Å². The van der Waals surface area contributed by atoms with Crippen molar-refractivity contribution in [1.82, 2.24) is 9.97 Å². The summed E-state index contributed by atoms with van der Waals surface area (Å²) in [5.41, 5.74) is 0.359. The third-order valence-electron chi connectivity index (χ3n) is 2.45. The fourth-order valence-corrected chi connectivity index (χ4v) is 2.31. The molecule has 2 aromatic rings. The van der Waals surface area contributed by atoms with Gasteiger partial charge in [0.15, 0.2) is 5.16 Å². The van der Waals surface area contributed by atoms with Crippen molar-refractivity contribution in [2.75, 3.05) is 19.0 Å². The zero-order valence-corrected chi connectivity index (χ0v) is 13.0. The molecular weight excluding hydrogens is 312 g/mol. The number of thioether (sulfide) groups is 1. The predicted octanol–water partition coefficient (Wildman–Crippen LogP) is 3.41. The first kappa shape index (κ1) is 15.7. The Morgan fingerprint density at radius 1 is 1.38 bits per heavy atom. The highest BCUT2D eigenvalue weighted by Crippen LogP contribution is 2.17. The minimum absolute atomic E-state index is 0.343. The lowest BCUT2D eigenvalue weighted by molar-refractivity contribution is 0.0519. The highest BCUT2D eigenvalue weighted by Gasteiger charge is 2.10. The van der Waals surface area contributed by atoms with Gasteiger partial charge < -0.3 is 14.5 Å². The number of halogens is 1. The third kappa shape index (κ3) is 4.99. The van der Waals surface area contributed by atoms with Gasteiger partial charge in [0.25, 0.3) is 0 Å². The monoisotopic (exact) mass is 326 g/mol. The largest absolute Gasteiger partial charge is 0.493 e. The molecule has 0 aliphatic rings. The Hall–Kier alpha value is -1.66. The Balaban J connectivity index is 1.73. The lowest BCUT2D eigenvalue weighted by Crippen LogP contribution is -2.04. The standard InChI is InChI=1S/C14H15ClN2O3S/c1-2-19-13(18)12-9-16-14(17-12)21-8-7-20-11-5-3-10(15)4-6-11/h3-6,9H,2,7-8H2,1H3,(H,16,17). The van der Waals surface area contributed by atoms with E-state index in [4.69, 9.17) is 21.1 Å². The number of ether oxygens (including phenoxy) is 2. The first-order valence-electron chi connectivity index (χ1n) is 6.42. The molecule has 2 rings (SSSR count). The van der Waals surface area contributed by atoms with Crippen molar-refractivity contribution in [3.05, 3.63) is 41.2 Å².